The van der Waals surface area contributed by atoms with E-state index in [4.69, 9.17) is 4.98 Å². The smallest absolute Gasteiger partial charge is 0.0783 e. The summed E-state index contributed by atoms with van der Waals surface area (Å²) in [7, 11) is 0. The van der Waals surface area contributed by atoms with Crippen molar-refractivity contribution in [2.24, 2.45) is 0 Å². The number of nitrogens with zero attached hydrogens (tertiary/aromatic N) is 2. The van der Waals surface area contributed by atoms with Gasteiger partial charge in [-0.3, -0.25) is 9.97 Å². The van der Waals surface area contributed by atoms with Crippen molar-refractivity contribution in [3.63, 3.8) is 0 Å². The van der Waals surface area contributed by atoms with Gasteiger partial charge in [0.15, 0.2) is 0 Å². The summed E-state index contributed by atoms with van der Waals surface area (Å²) in [6.07, 6.45) is 4.71. The fourth-order valence-electron chi connectivity index (χ4n) is 4.39. The van der Waals surface area contributed by atoms with Gasteiger partial charge in [0.2, 0.25) is 0 Å². The van der Waals surface area contributed by atoms with E-state index in [1.807, 2.05) is 24.5 Å². The van der Waals surface area contributed by atoms with E-state index in [-0.39, 0.29) is 0 Å². The van der Waals surface area contributed by atoms with E-state index in [1.165, 1.54) is 33.0 Å². The van der Waals surface area contributed by atoms with Gasteiger partial charge < -0.3 is 0 Å². The van der Waals surface area contributed by atoms with Crippen LogP contribution >= 0.6 is 0 Å². The lowest BCUT2D eigenvalue weighted by Gasteiger charge is -2.19. The van der Waals surface area contributed by atoms with Gasteiger partial charge in [-0.15, -0.1) is 0 Å². The molecule has 0 spiro atoms. The minimum Gasteiger partial charge on any atom is -0.256 e. The molecule has 0 fully saturated rings. The summed E-state index contributed by atoms with van der Waals surface area (Å²) in [5.41, 5.74) is 7.13. The summed E-state index contributed by atoms with van der Waals surface area (Å²) in [6.45, 7) is 2.30. The molecular weight excluding hydrogens is 376 g/mol. The minimum absolute atomic E-state index is 0.335. The Labute approximate surface area is 183 Å². The molecule has 2 nitrogen and oxygen atoms in total. The Kier molecular flexibility index (Phi) is 5.28. The van der Waals surface area contributed by atoms with Gasteiger partial charge in [-0.05, 0) is 47.1 Å². The zero-order chi connectivity index (χ0) is 21.0. The standard InChI is InChI=1S/C29H24N2/c1-21(20-23-11-3-4-13-25(23)28-16-8-9-18-30-28)24-12-6-7-15-27(24)29-26-14-5-2-10-22(26)17-19-31-29/h2-19,21H,20H2,1H3/t21-/m1/s1. The summed E-state index contributed by atoms with van der Waals surface area (Å²) >= 11 is 0. The van der Waals surface area contributed by atoms with Crippen molar-refractivity contribution < 1.29 is 0 Å². The molecule has 0 aliphatic carbocycles. The molecule has 150 valence electrons. The molecule has 0 saturated carbocycles. The molecule has 0 saturated heterocycles. The predicted molar refractivity (Wildman–Crippen MR) is 129 cm³/mol. The van der Waals surface area contributed by atoms with E-state index in [0.717, 1.165) is 17.8 Å². The lowest BCUT2D eigenvalue weighted by atomic mass is 9.86. The van der Waals surface area contributed by atoms with Gasteiger partial charge in [0.1, 0.15) is 0 Å². The first-order chi connectivity index (χ1) is 15.3. The van der Waals surface area contributed by atoms with Crippen LogP contribution in [-0.2, 0) is 6.42 Å². The summed E-state index contributed by atoms with van der Waals surface area (Å²) in [6, 6.07) is 33.9. The molecule has 2 heteroatoms. The first-order valence-corrected chi connectivity index (χ1v) is 10.7. The van der Waals surface area contributed by atoms with Gasteiger partial charge in [0, 0.05) is 28.9 Å². The van der Waals surface area contributed by atoms with Gasteiger partial charge in [-0.1, -0.05) is 85.8 Å². The largest absolute Gasteiger partial charge is 0.256 e. The molecule has 3 aromatic carbocycles. The molecule has 2 heterocycles. The average Bonchev–Trinajstić information content (AvgIpc) is 2.84. The van der Waals surface area contributed by atoms with Crippen LogP contribution in [0.4, 0.5) is 0 Å². The van der Waals surface area contributed by atoms with Crippen LogP contribution in [0.2, 0.25) is 0 Å². The van der Waals surface area contributed by atoms with Gasteiger partial charge >= 0.3 is 0 Å². The fraction of sp³-hybridized carbons (Fsp3) is 0.103. The summed E-state index contributed by atoms with van der Waals surface area (Å²) in [5.74, 6) is 0.335. The van der Waals surface area contributed by atoms with Crippen LogP contribution < -0.4 is 0 Å². The SMILES string of the molecule is C[C@H](Cc1ccccc1-c1ccccn1)c1ccccc1-c1nccc2ccccc12. The molecule has 0 unspecified atom stereocenters. The minimum atomic E-state index is 0.335. The van der Waals surface area contributed by atoms with E-state index in [2.05, 4.69) is 96.8 Å². The molecular formula is C29H24N2. The topological polar surface area (TPSA) is 25.8 Å². The van der Waals surface area contributed by atoms with Crippen molar-refractivity contribution in [3.8, 4) is 22.5 Å². The van der Waals surface area contributed by atoms with E-state index in [0.29, 0.717) is 5.92 Å². The summed E-state index contributed by atoms with van der Waals surface area (Å²) < 4.78 is 0. The Morgan fingerprint density at radius 1 is 0.645 bits per heavy atom. The van der Waals surface area contributed by atoms with E-state index < -0.39 is 0 Å². The molecule has 0 radical (unpaired) electrons. The average molecular weight is 401 g/mol. The second-order valence-corrected chi connectivity index (χ2v) is 7.95. The monoisotopic (exact) mass is 400 g/mol. The lowest BCUT2D eigenvalue weighted by molar-refractivity contribution is 0.761. The molecule has 0 aliphatic rings. The quantitative estimate of drug-likeness (QED) is 0.309. The molecule has 5 rings (SSSR count). The van der Waals surface area contributed by atoms with Gasteiger partial charge in [-0.25, -0.2) is 0 Å². The highest BCUT2D eigenvalue weighted by molar-refractivity contribution is 5.95. The Morgan fingerprint density at radius 3 is 2.26 bits per heavy atom. The van der Waals surface area contributed by atoms with Crippen molar-refractivity contribution in [3.05, 3.63) is 121 Å². The number of fused-ring (bicyclic) bond motifs is 1. The van der Waals surface area contributed by atoms with E-state index >= 15 is 0 Å². The van der Waals surface area contributed by atoms with Crippen LogP contribution in [-0.4, -0.2) is 9.97 Å². The predicted octanol–water partition coefficient (Wildman–Crippen LogP) is 7.31. The number of rotatable bonds is 5. The van der Waals surface area contributed by atoms with Crippen molar-refractivity contribution >= 4 is 10.8 Å². The maximum absolute atomic E-state index is 4.78. The molecule has 31 heavy (non-hydrogen) atoms. The van der Waals surface area contributed by atoms with Gasteiger partial charge in [0.25, 0.3) is 0 Å². The number of aromatic nitrogens is 2. The first-order valence-electron chi connectivity index (χ1n) is 10.7. The molecule has 1 atom stereocenters. The highest BCUT2D eigenvalue weighted by Gasteiger charge is 2.17. The van der Waals surface area contributed by atoms with Crippen LogP contribution in [0.5, 0.6) is 0 Å². The molecule has 0 aliphatic heterocycles. The molecule has 0 amide bonds. The van der Waals surface area contributed by atoms with E-state index in [1.54, 1.807) is 0 Å². The lowest BCUT2D eigenvalue weighted by Crippen LogP contribution is -2.03. The Morgan fingerprint density at radius 2 is 1.39 bits per heavy atom. The molecule has 2 aromatic heterocycles. The van der Waals surface area contributed by atoms with Crippen molar-refractivity contribution in [1.82, 2.24) is 9.97 Å². The Bertz CT molecular complexity index is 1320. The molecule has 0 bridgehead atoms. The zero-order valence-electron chi connectivity index (χ0n) is 17.6. The summed E-state index contributed by atoms with van der Waals surface area (Å²) in [5, 5.41) is 2.41. The van der Waals surface area contributed by atoms with Crippen LogP contribution in [0.3, 0.4) is 0 Å². The van der Waals surface area contributed by atoms with Crippen molar-refractivity contribution in [2.45, 2.75) is 19.3 Å². The third-order valence-corrected chi connectivity index (χ3v) is 5.90. The van der Waals surface area contributed by atoms with Gasteiger partial charge in [-0.2, -0.15) is 0 Å². The normalized spacial score (nSPS) is 12.0. The maximum Gasteiger partial charge on any atom is 0.0783 e. The van der Waals surface area contributed by atoms with E-state index in [9.17, 15) is 0 Å². The maximum atomic E-state index is 4.78. The number of pyridine rings is 2. The van der Waals surface area contributed by atoms with Crippen molar-refractivity contribution in [2.75, 3.05) is 0 Å². The second kappa shape index (κ2) is 8.53. The third kappa shape index (κ3) is 3.85. The Hall–Kier alpha value is -3.78. The van der Waals surface area contributed by atoms with Crippen molar-refractivity contribution in [1.29, 1.82) is 0 Å². The highest BCUT2D eigenvalue weighted by Crippen LogP contribution is 2.35. The van der Waals surface area contributed by atoms with Crippen LogP contribution in [0, 0.1) is 0 Å². The molecule has 0 N–H and O–H groups in total. The summed E-state index contributed by atoms with van der Waals surface area (Å²) in [4.78, 5) is 9.36. The zero-order valence-corrected chi connectivity index (χ0v) is 17.6. The van der Waals surface area contributed by atoms with Crippen LogP contribution in [0.25, 0.3) is 33.3 Å². The number of hydrogen-bond acceptors (Lipinski definition) is 2. The first kappa shape index (κ1) is 19.2. The number of benzene rings is 3. The van der Waals surface area contributed by atoms with Gasteiger partial charge in [0.05, 0.1) is 11.4 Å². The van der Waals surface area contributed by atoms with Crippen LogP contribution in [0.1, 0.15) is 24.0 Å². The fourth-order valence-corrected chi connectivity index (χ4v) is 4.39. The van der Waals surface area contributed by atoms with Crippen LogP contribution in [0.15, 0.2) is 109 Å². The Balaban J connectivity index is 1.55. The molecule has 5 aromatic rings. The highest BCUT2D eigenvalue weighted by atomic mass is 14.7. The second-order valence-electron chi connectivity index (χ2n) is 7.95. The number of hydrogen-bond donors (Lipinski definition) is 0. The third-order valence-electron chi connectivity index (χ3n) is 5.90.